The molecule has 1 aliphatic heterocycles. The second kappa shape index (κ2) is 11.0. The lowest BCUT2D eigenvalue weighted by Gasteiger charge is -2.20. The van der Waals surface area contributed by atoms with Gasteiger partial charge in [0.15, 0.2) is 28.6 Å². The van der Waals surface area contributed by atoms with Gasteiger partial charge in [-0.05, 0) is 20.3 Å². The van der Waals surface area contributed by atoms with Gasteiger partial charge in [-0.3, -0.25) is 0 Å². The topological polar surface area (TPSA) is 103 Å². The molecule has 0 bridgehead atoms. The number of carbonyl (C=O) groups excluding carboxylic acids is 1. The van der Waals surface area contributed by atoms with E-state index in [1.807, 2.05) is 0 Å². The fourth-order valence-corrected chi connectivity index (χ4v) is 2.91. The van der Waals surface area contributed by atoms with Gasteiger partial charge in [0, 0.05) is 25.9 Å². The third kappa shape index (κ3) is 6.04. The van der Waals surface area contributed by atoms with Gasteiger partial charge < -0.3 is 29.0 Å². The van der Waals surface area contributed by atoms with E-state index in [1.165, 1.54) is 6.20 Å². The Morgan fingerprint density at radius 3 is 2.59 bits per heavy atom. The summed E-state index contributed by atoms with van der Waals surface area (Å²) in [5.74, 6) is 0.154. The van der Waals surface area contributed by atoms with Crippen LogP contribution in [0.5, 0.6) is 11.5 Å². The molecule has 1 atom stereocenters. The molecule has 0 amide bonds. The van der Waals surface area contributed by atoms with E-state index in [1.54, 1.807) is 31.9 Å². The molecule has 2 heterocycles. The number of pyridine rings is 1. The number of esters is 1. The summed E-state index contributed by atoms with van der Waals surface area (Å²) in [6, 6.07) is 1.57. The lowest BCUT2D eigenvalue weighted by atomic mass is 10.1. The van der Waals surface area contributed by atoms with Crippen LogP contribution < -0.4 is 4.74 Å². The number of rotatable bonds is 12. The SMILES string of the molecule is CCCOCCOCCOc1ccnc(C2=N[C@@](C)(C(=O)OCC)CN2C)c1O. The smallest absolute Gasteiger partial charge is 0.335 e. The predicted octanol–water partition coefficient (Wildman–Crippen LogP) is 1.62. The molecular formula is C20H31N3O6. The summed E-state index contributed by atoms with van der Waals surface area (Å²) in [7, 11) is 1.78. The number of nitrogens with zero attached hydrogens (tertiary/aromatic N) is 3. The summed E-state index contributed by atoms with van der Waals surface area (Å²) in [4.78, 5) is 22.7. The highest BCUT2D eigenvalue weighted by molar-refractivity contribution is 6.03. The minimum Gasteiger partial charge on any atom is -0.503 e. The van der Waals surface area contributed by atoms with Crippen molar-refractivity contribution in [3.8, 4) is 11.5 Å². The third-order valence-electron chi connectivity index (χ3n) is 4.28. The monoisotopic (exact) mass is 409 g/mol. The molecule has 0 aliphatic carbocycles. The van der Waals surface area contributed by atoms with E-state index in [2.05, 4.69) is 16.9 Å². The van der Waals surface area contributed by atoms with Gasteiger partial charge in [-0.15, -0.1) is 0 Å². The number of carbonyl (C=O) groups is 1. The highest BCUT2D eigenvalue weighted by Gasteiger charge is 2.43. The zero-order chi connectivity index (χ0) is 21.3. The van der Waals surface area contributed by atoms with Crippen molar-refractivity contribution < 1.29 is 28.8 Å². The Kier molecular flexibility index (Phi) is 8.66. The van der Waals surface area contributed by atoms with Crippen LogP contribution in [0.3, 0.4) is 0 Å². The van der Waals surface area contributed by atoms with Crippen LogP contribution in [0.2, 0.25) is 0 Å². The number of aromatic nitrogens is 1. The van der Waals surface area contributed by atoms with Gasteiger partial charge in [0.05, 0.1) is 33.0 Å². The van der Waals surface area contributed by atoms with Crippen molar-refractivity contribution in [2.75, 3.05) is 53.2 Å². The molecule has 0 spiro atoms. The van der Waals surface area contributed by atoms with Crippen LogP contribution in [-0.2, 0) is 19.0 Å². The molecule has 0 radical (unpaired) electrons. The number of aromatic hydroxyl groups is 1. The van der Waals surface area contributed by atoms with E-state index in [-0.39, 0.29) is 30.4 Å². The molecule has 0 fully saturated rings. The number of hydrogen-bond acceptors (Lipinski definition) is 9. The van der Waals surface area contributed by atoms with Crippen molar-refractivity contribution in [1.82, 2.24) is 9.88 Å². The Morgan fingerprint density at radius 1 is 1.21 bits per heavy atom. The average Bonchev–Trinajstić information content (AvgIpc) is 3.01. The molecule has 162 valence electrons. The highest BCUT2D eigenvalue weighted by Crippen LogP contribution is 2.32. The maximum Gasteiger partial charge on any atom is 0.335 e. The lowest BCUT2D eigenvalue weighted by molar-refractivity contribution is -0.148. The fourth-order valence-electron chi connectivity index (χ4n) is 2.91. The Morgan fingerprint density at radius 2 is 1.90 bits per heavy atom. The van der Waals surface area contributed by atoms with Crippen molar-refractivity contribution in [3.63, 3.8) is 0 Å². The van der Waals surface area contributed by atoms with E-state index < -0.39 is 11.5 Å². The molecule has 9 heteroatoms. The molecule has 0 saturated carbocycles. The first-order valence-electron chi connectivity index (χ1n) is 9.87. The van der Waals surface area contributed by atoms with Crippen molar-refractivity contribution in [2.45, 2.75) is 32.7 Å². The Hall–Kier alpha value is -2.39. The first-order valence-corrected chi connectivity index (χ1v) is 9.87. The molecule has 1 aromatic rings. The number of aliphatic imine (C=N–C) groups is 1. The normalized spacial score (nSPS) is 18.6. The van der Waals surface area contributed by atoms with Gasteiger partial charge in [0.2, 0.25) is 0 Å². The van der Waals surface area contributed by atoms with E-state index in [9.17, 15) is 9.90 Å². The molecule has 29 heavy (non-hydrogen) atoms. The zero-order valence-electron chi connectivity index (χ0n) is 17.6. The van der Waals surface area contributed by atoms with E-state index in [4.69, 9.17) is 18.9 Å². The van der Waals surface area contributed by atoms with Crippen molar-refractivity contribution >= 4 is 11.8 Å². The first-order chi connectivity index (χ1) is 13.9. The lowest BCUT2D eigenvalue weighted by Crippen LogP contribution is -2.40. The van der Waals surface area contributed by atoms with Crippen molar-refractivity contribution in [2.24, 2.45) is 4.99 Å². The van der Waals surface area contributed by atoms with Crippen molar-refractivity contribution in [1.29, 1.82) is 0 Å². The Labute approximate surface area is 171 Å². The van der Waals surface area contributed by atoms with Crippen molar-refractivity contribution in [3.05, 3.63) is 18.0 Å². The van der Waals surface area contributed by atoms with Gasteiger partial charge in [0.1, 0.15) is 6.61 Å². The summed E-state index contributed by atoms with van der Waals surface area (Å²) in [6.07, 6.45) is 2.51. The van der Waals surface area contributed by atoms with Crippen LogP contribution in [0.25, 0.3) is 0 Å². The second-order valence-corrected chi connectivity index (χ2v) is 6.87. The summed E-state index contributed by atoms with van der Waals surface area (Å²) >= 11 is 0. The molecule has 0 aromatic carbocycles. The molecule has 2 rings (SSSR count). The number of amidine groups is 1. The molecule has 0 saturated heterocycles. The van der Waals surface area contributed by atoms with Gasteiger partial charge in [0.25, 0.3) is 0 Å². The Bertz CT molecular complexity index is 711. The van der Waals surface area contributed by atoms with Gasteiger partial charge in [-0.25, -0.2) is 14.8 Å². The maximum absolute atomic E-state index is 12.2. The summed E-state index contributed by atoms with van der Waals surface area (Å²) in [5, 5.41) is 10.6. The first kappa shape index (κ1) is 22.9. The van der Waals surface area contributed by atoms with Gasteiger partial charge in [-0.2, -0.15) is 0 Å². The van der Waals surface area contributed by atoms with Gasteiger partial charge in [-0.1, -0.05) is 6.92 Å². The van der Waals surface area contributed by atoms with E-state index in [0.717, 1.165) is 13.0 Å². The minimum atomic E-state index is -1.04. The number of ether oxygens (including phenoxy) is 4. The largest absolute Gasteiger partial charge is 0.503 e. The molecule has 1 N–H and O–H groups in total. The average molecular weight is 409 g/mol. The third-order valence-corrected chi connectivity index (χ3v) is 4.28. The zero-order valence-corrected chi connectivity index (χ0v) is 17.6. The van der Waals surface area contributed by atoms with Crippen LogP contribution >= 0.6 is 0 Å². The fraction of sp³-hybridized carbons (Fsp3) is 0.650. The molecule has 1 aromatic heterocycles. The van der Waals surface area contributed by atoms with Crippen LogP contribution in [0.4, 0.5) is 0 Å². The van der Waals surface area contributed by atoms with Crippen LogP contribution in [0.1, 0.15) is 32.9 Å². The van der Waals surface area contributed by atoms with E-state index >= 15 is 0 Å². The summed E-state index contributed by atoms with van der Waals surface area (Å²) < 4.78 is 21.5. The molecular weight excluding hydrogens is 378 g/mol. The summed E-state index contributed by atoms with van der Waals surface area (Å²) in [5.41, 5.74) is -0.786. The number of likely N-dealkylation sites (N-methyl/N-ethyl adjacent to an activating group) is 1. The molecule has 0 unspecified atom stereocenters. The van der Waals surface area contributed by atoms with Crippen LogP contribution in [0, 0.1) is 0 Å². The molecule has 9 nitrogen and oxygen atoms in total. The summed E-state index contributed by atoms with van der Waals surface area (Å²) in [6.45, 7) is 8.52. The van der Waals surface area contributed by atoms with Crippen LogP contribution in [-0.4, -0.2) is 85.6 Å². The molecule has 1 aliphatic rings. The van der Waals surface area contributed by atoms with Gasteiger partial charge >= 0.3 is 5.97 Å². The van der Waals surface area contributed by atoms with E-state index in [0.29, 0.717) is 32.2 Å². The quantitative estimate of drug-likeness (QED) is 0.410. The standard InChI is InChI=1S/C20H31N3O6/c1-5-9-26-10-11-27-12-13-29-15-7-8-21-16(17(15)24)18-22-20(3,14-23(18)4)19(25)28-6-2/h7-8,24H,5-6,9-14H2,1-4H3/t20-/m1/s1. The Balaban J connectivity index is 1.98. The highest BCUT2D eigenvalue weighted by atomic mass is 16.5. The second-order valence-electron chi connectivity index (χ2n) is 6.87. The number of hydrogen-bond donors (Lipinski definition) is 1. The van der Waals surface area contributed by atoms with Crippen LogP contribution in [0.15, 0.2) is 17.3 Å². The minimum absolute atomic E-state index is 0.127. The predicted molar refractivity (Wildman–Crippen MR) is 108 cm³/mol. The maximum atomic E-state index is 12.2.